The van der Waals surface area contributed by atoms with Crippen molar-refractivity contribution in [1.29, 1.82) is 0 Å². The molecule has 25 heavy (non-hydrogen) atoms. The maximum Gasteiger partial charge on any atom is 0.119 e. The van der Waals surface area contributed by atoms with Crippen LogP contribution in [0.2, 0.25) is 5.02 Å². The zero-order valence-electron chi connectivity index (χ0n) is 13.7. The van der Waals surface area contributed by atoms with Crippen molar-refractivity contribution in [3.05, 3.63) is 83.9 Å². The van der Waals surface area contributed by atoms with Gasteiger partial charge in [0, 0.05) is 16.0 Å². The van der Waals surface area contributed by atoms with Gasteiger partial charge in [0.05, 0.1) is 18.3 Å². The number of halogens is 1. The Bertz CT molecular complexity index is 1040. The molecule has 122 valence electrons. The highest BCUT2D eigenvalue weighted by Gasteiger charge is 2.10. The number of hydrogen-bond donors (Lipinski definition) is 0. The predicted octanol–water partition coefficient (Wildman–Crippen LogP) is 6.23. The van der Waals surface area contributed by atoms with Crippen LogP contribution in [0.5, 0.6) is 5.75 Å². The molecule has 4 rings (SSSR count). The van der Waals surface area contributed by atoms with Gasteiger partial charge in [-0.2, -0.15) is 0 Å². The quantitative estimate of drug-likeness (QED) is 0.439. The Morgan fingerprint density at radius 1 is 0.800 bits per heavy atom. The molecule has 0 unspecified atom stereocenters. The van der Waals surface area contributed by atoms with E-state index in [1.165, 1.54) is 0 Å². The van der Waals surface area contributed by atoms with Gasteiger partial charge < -0.3 is 4.74 Å². The van der Waals surface area contributed by atoms with E-state index < -0.39 is 0 Å². The monoisotopic (exact) mass is 345 g/mol. The zero-order chi connectivity index (χ0) is 17.2. The van der Waals surface area contributed by atoms with Crippen molar-refractivity contribution in [1.82, 2.24) is 4.98 Å². The number of hydrogen-bond acceptors (Lipinski definition) is 2. The van der Waals surface area contributed by atoms with E-state index in [9.17, 15) is 0 Å². The lowest BCUT2D eigenvalue weighted by Crippen LogP contribution is -1.91. The maximum atomic E-state index is 6.20. The van der Waals surface area contributed by atoms with Gasteiger partial charge in [-0.3, -0.25) is 0 Å². The highest BCUT2D eigenvalue weighted by molar-refractivity contribution is 6.31. The van der Waals surface area contributed by atoms with Crippen molar-refractivity contribution in [3.8, 4) is 28.1 Å². The molecule has 3 heteroatoms. The SMILES string of the molecule is COc1cccc(-c2cc(-c3ccccc3)c3ccc(Cl)cc3n2)c1. The Balaban J connectivity index is 2.00. The maximum absolute atomic E-state index is 6.20. The van der Waals surface area contributed by atoms with Crippen molar-refractivity contribution >= 4 is 22.5 Å². The first-order chi connectivity index (χ1) is 12.2. The summed E-state index contributed by atoms with van der Waals surface area (Å²) in [5, 5.41) is 1.77. The van der Waals surface area contributed by atoms with Crippen LogP contribution in [-0.2, 0) is 0 Å². The van der Waals surface area contributed by atoms with Gasteiger partial charge in [-0.25, -0.2) is 4.98 Å². The van der Waals surface area contributed by atoms with Crippen LogP contribution in [0.15, 0.2) is 78.9 Å². The number of rotatable bonds is 3. The molecule has 0 radical (unpaired) electrons. The standard InChI is InChI=1S/C22H16ClNO/c1-25-18-9-5-8-16(12-18)21-14-20(15-6-3-2-4-7-15)19-11-10-17(23)13-22(19)24-21/h2-14H,1H3. The molecule has 4 aromatic rings. The summed E-state index contributed by atoms with van der Waals surface area (Å²) in [6.07, 6.45) is 0. The van der Waals surface area contributed by atoms with Crippen molar-refractivity contribution in [2.24, 2.45) is 0 Å². The first kappa shape index (κ1) is 15.7. The summed E-state index contributed by atoms with van der Waals surface area (Å²) in [7, 11) is 1.67. The van der Waals surface area contributed by atoms with Crippen LogP contribution in [0, 0.1) is 0 Å². The zero-order valence-corrected chi connectivity index (χ0v) is 14.5. The van der Waals surface area contributed by atoms with E-state index in [4.69, 9.17) is 21.3 Å². The van der Waals surface area contributed by atoms with Crippen LogP contribution in [0.3, 0.4) is 0 Å². The van der Waals surface area contributed by atoms with Gasteiger partial charge >= 0.3 is 0 Å². The van der Waals surface area contributed by atoms with Gasteiger partial charge in [0.15, 0.2) is 0 Å². The van der Waals surface area contributed by atoms with Gasteiger partial charge in [0.1, 0.15) is 5.75 Å². The summed E-state index contributed by atoms with van der Waals surface area (Å²) in [6.45, 7) is 0. The molecule has 0 aliphatic carbocycles. The average molecular weight is 346 g/mol. The van der Waals surface area contributed by atoms with Crippen LogP contribution in [0.1, 0.15) is 0 Å². The predicted molar refractivity (Wildman–Crippen MR) is 104 cm³/mol. The first-order valence-electron chi connectivity index (χ1n) is 8.05. The Morgan fingerprint density at radius 3 is 2.40 bits per heavy atom. The molecule has 0 fully saturated rings. The normalized spacial score (nSPS) is 10.8. The molecule has 0 aliphatic heterocycles. The minimum Gasteiger partial charge on any atom is -0.497 e. The lowest BCUT2D eigenvalue weighted by molar-refractivity contribution is 0.415. The largest absolute Gasteiger partial charge is 0.497 e. The van der Waals surface area contributed by atoms with Gasteiger partial charge in [0.2, 0.25) is 0 Å². The van der Waals surface area contributed by atoms with Crippen LogP contribution < -0.4 is 4.74 Å². The molecule has 1 heterocycles. The summed E-state index contributed by atoms with van der Waals surface area (Å²) < 4.78 is 5.35. The molecule has 0 saturated heterocycles. The second-order valence-corrected chi connectivity index (χ2v) is 6.25. The fourth-order valence-electron chi connectivity index (χ4n) is 2.99. The van der Waals surface area contributed by atoms with Crippen LogP contribution >= 0.6 is 11.6 Å². The van der Waals surface area contributed by atoms with Crippen molar-refractivity contribution in [2.45, 2.75) is 0 Å². The highest BCUT2D eigenvalue weighted by Crippen LogP contribution is 2.33. The van der Waals surface area contributed by atoms with E-state index in [1.807, 2.05) is 60.7 Å². The summed E-state index contributed by atoms with van der Waals surface area (Å²) in [6, 6.07) is 26.2. The lowest BCUT2D eigenvalue weighted by atomic mass is 9.98. The van der Waals surface area contributed by atoms with Gasteiger partial charge in [-0.15, -0.1) is 0 Å². The fraction of sp³-hybridized carbons (Fsp3) is 0.0455. The fourth-order valence-corrected chi connectivity index (χ4v) is 3.15. The van der Waals surface area contributed by atoms with Gasteiger partial charge in [0.25, 0.3) is 0 Å². The topological polar surface area (TPSA) is 22.1 Å². The van der Waals surface area contributed by atoms with E-state index in [1.54, 1.807) is 7.11 Å². The van der Waals surface area contributed by atoms with E-state index in [-0.39, 0.29) is 0 Å². The van der Waals surface area contributed by atoms with Gasteiger partial charge in [-0.1, -0.05) is 60.1 Å². The molecule has 0 saturated carbocycles. The Kier molecular flexibility index (Phi) is 4.12. The number of benzene rings is 3. The molecule has 2 nitrogen and oxygen atoms in total. The van der Waals surface area contributed by atoms with Crippen molar-refractivity contribution in [2.75, 3.05) is 7.11 Å². The van der Waals surface area contributed by atoms with E-state index >= 15 is 0 Å². The summed E-state index contributed by atoms with van der Waals surface area (Å²) in [4.78, 5) is 4.83. The summed E-state index contributed by atoms with van der Waals surface area (Å²) >= 11 is 6.20. The summed E-state index contributed by atoms with van der Waals surface area (Å²) in [5.41, 5.74) is 5.08. The third-order valence-corrected chi connectivity index (χ3v) is 4.46. The smallest absolute Gasteiger partial charge is 0.119 e. The Morgan fingerprint density at radius 2 is 1.60 bits per heavy atom. The third-order valence-electron chi connectivity index (χ3n) is 4.22. The number of fused-ring (bicyclic) bond motifs is 1. The number of ether oxygens (including phenoxy) is 1. The second-order valence-electron chi connectivity index (χ2n) is 5.81. The molecular weight excluding hydrogens is 330 g/mol. The van der Waals surface area contributed by atoms with Crippen LogP contribution in [0.4, 0.5) is 0 Å². The Labute approximate surface area is 151 Å². The van der Waals surface area contributed by atoms with Crippen molar-refractivity contribution < 1.29 is 4.74 Å². The molecule has 0 amide bonds. The van der Waals surface area contributed by atoms with Crippen molar-refractivity contribution in [3.63, 3.8) is 0 Å². The van der Waals surface area contributed by atoms with Gasteiger partial charge in [-0.05, 0) is 41.5 Å². The molecular formula is C22H16ClNO. The number of aromatic nitrogens is 1. The minimum absolute atomic E-state index is 0.682. The average Bonchev–Trinajstić information content (AvgIpc) is 2.67. The molecule has 0 aliphatic rings. The van der Waals surface area contributed by atoms with Crippen LogP contribution in [-0.4, -0.2) is 12.1 Å². The minimum atomic E-state index is 0.682. The van der Waals surface area contributed by atoms with E-state index in [0.717, 1.165) is 39.0 Å². The molecule has 0 bridgehead atoms. The summed E-state index contributed by atoms with van der Waals surface area (Å²) in [5.74, 6) is 0.812. The third kappa shape index (κ3) is 3.09. The number of pyridine rings is 1. The Hall–Kier alpha value is -2.84. The molecule has 1 aromatic heterocycles. The lowest BCUT2D eigenvalue weighted by Gasteiger charge is -2.11. The molecule has 3 aromatic carbocycles. The molecule has 0 spiro atoms. The number of nitrogens with zero attached hydrogens (tertiary/aromatic N) is 1. The van der Waals surface area contributed by atoms with E-state index in [2.05, 4.69) is 18.2 Å². The molecule has 0 atom stereocenters. The molecule has 0 N–H and O–H groups in total. The first-order valence-corrected chi connectivity index (χ1v) is 8.42. The number of methoxy groups -OCH3 is 1. The second kappa shape index (κ2) is 6.58. The highest BCUT2D eigenvalue weighted by atomic mass is 35.5. The van der Waals surface area contributed by atoms with E-state index in [0.29, 0.717) is 5.02 Å². The van der Waals surface area contributed by atoms with Crippen LogP contribution in [0.25, 0.3) is 33.3 Å².